The molecule has 2 aromatic carbocycles. The molecule has 2 amide bonds. The second kappa shape index (κ2) is 7.38. The molecule has 130 valence electrons. The number of carbonyl (C=O) groups excluding carboxylic acids is 2. The van der Waals surface area contributed by atoms with E-state index in [0.717, 1.165) is 35.7 Å². The van der Waals surface area contributed by atoms with Crippen LogP contribution in [-0.4, -0.2) is 24.9 Å². The summed E-state index contributed by atoms with van der Waals surface area (Å²) in [5.41, 5.74) is 3.56. The highest BCUT2D eigenvalue weighted by Gasteiger charge is 2.31. The maximum absolute atomic E-state index is 12.4. The Kier molecular flexibility index (Phi) is 5.03. The Bertz CT molecular complexity index is 767. The van der Waals surface area contributed by atoms with Gasteiger partial charge in [0.15, 0.2) is 0 Å². The van der Waals surface area contributed by atoms with E-state index < -0.39 is 5.92 Å². The van der Waals surface area contributed by atoms with Crippen molar-refractivity contribution >= 4 is 28.9 Å². The SMILES string of the molecule is CCN(CC)c1ccc(NC(=O)CC2C(=O)Nc3ccccc32)cc1. The van der Waals surface area contributed by atoms with Crippen molar-refractivity contribution in [3.05, 3.63) is 54.1 Å². The van der Waals surface area contributed by atoms with Gasteiger partial charge in [0.1, 0.15) is 0 Å². The van der Waals surface area contributed by atoms with Crippen molar-refractivity contribution in [3.63, 3.8) is 0 Å². The van der Waals surface area contributed by atoms with E-state index in [1.807, 2.05) is 48.5 Å². The van der Waals surface area contributed by atoms with Crippen molar-refractivity contribution in [3.8, 4) is 0 Å². The number of anilines is 3. The molecule has 0 fully saturated rings. The molecule has 25 heavy (non-hydrogen) atoms. The normalized spacial score (nSPS) is 15.4. The molecule has 0 aromatic heterocycles. The third-order valence-electron chi connectivity index (χ3n) is 4.58. The summed E-state index contributed by atoms with van der Waals surface area (Å²) >= 11 is 0. The molecule has 0 radical (unpaired) electrons. The first-order valence-corrected chi connectivity index (χ1v) is 8.67. The highest BCUT2D eigenvalue weighted by atomic mass is 16.2. The Morgan fingerprint density at radius 3 is 2.44 bits per heavy atom. The van der Waals surface area contributed by atoms with Crippen LogP contribution in [0.5, 0.6) is 0 Å². The average Bonchev–Trinajstić information content (AvgIpc) is 2.93. The third-order valence-corrected chi connectivity index (χ3v) is 4.58. The molecule has 1 aliphatic heterocycles. The van der Waals surface area contributed by atoms with E-state index in [2.05, 4.69) is 29.4 Å². The number of hydrogen-bond acceptors (Lipinski definition) is 3. The topological polar surface area (TPSA) is 61.4 Å². The predicted octanol–water partition coefficient (Wildman–Crippen LogP) is 3.60. The van der Waals surface area contributed by atoms with Gasteiger partial charge in [0.25, 0.3) is 0 Å². The molecule has 0 aliphatic carbocycles. The van der Waals surface area contributed by atoms with Crippen molar-refractivity contribution in [2.75, 3.05) is 28.6 Å². The first kappa shape index (κ1) is 17.0. The van der Waals surface area contributed by atoms with Crippen LogP contribution in [0.25, 0.3) is 0 Å². The summed E-state index contributed by atoms with van der Waals surface area (Å²) in [5.74, 6) is -0.702. The highest BCUT2D eigenvalue weighted by molar-refractivity contribution is 6.06. The number of amides is 2. The number of nitrogens with zero attached hydrogens (tertiary/aromatic N) is 1. The second-order valence-electron chi connectivity index (χ2n) is 6.10. The maximum atomic E-state index is 12.4. The van der Waals surface area contributed by atoms with Gasteiger partial charge in [-0.15, -0.1) is 0 Å². The number of rotatable bonds is 6. The maximum Gasteiger partial charge on any atom is 0.232 e. The van der Waals surface area contributed by atoms with Crippen LogP contribution >= 0.6 is 0 Å². The van der Waals surface area contributed by atoms with Crippen LogP contribution in [0, 0.1) is 0 Å². The molecule has 0 saturated carbocycles. The van der Waals surface area contributed by atoms with Gasteiger partial charge in [0.2, 0.25) is 11.8 Å². The van der Waals surface area contributed by atoms with Gasteiger partial charge in [-0.3, -0.25) is 9.59 Å². The Labute approximate surface area is 148 Å². The van der Waals surface area contributed by atoms with Crippen molar-refractivity contribution < 1.29 is 9.59 Å². The molecule has 1 heterocycles. The van der Waals surface area contributed by atoms with Gasteiger partial charge in [-0.2, -0.15) is 0 Å². The van der Waals surface area contributed by atoms with Gasteiger partial charge >= 0.3 is 0 Å². The highest BCUT2D eigenvalue weighted by Crippen LogP contribution is 2.34. The zero-order valence-corrected chi connectivity index (χ0v) is 14.6. The number of para-hydroxylation sites is 1. The van der Waals surface area contributed by atoms with E-state index in [0.29, 0.717) is 0 Å². The summed E-state index contributed by atoms with van der Waals surface area (Å²) in [7, 11) is 0. The van der Waals surface area contributed by atoms with Gasteiger partial charge in [-0.1, -0.05) is 18.2 Å². The zero-order chi connectivity index (χ0) is 17.8. The van der Waals surface area contributed by atoms with Crippen LogP contribution in [0.1, 0.15) is 31.7 Å². The third kappa shape index (κ3) is 3.65. The molecule has 0 saturated heterocycles. The summed E-state index contributed by atoms with van der Waals surface area (Å²) in [6, 6.07) is 15.3. The molecular weight excluding hydrogens is 314 g/mol. The Morgan fingerprint density at radius 1 is 1.08 bits per heavy atom. The summed E-state index contributed by atoms with van der Waals surface area (Å²) in [6.45, 7) is 6.12. The van der Waals surface area contributed by atoms with Gasteiger partial charge in [-0.05, 0) is 49.7 Å². The van der Waals surface area contributed by atoms with E-state index >= 15 is 0 Å². The minimum absolute atomic E-state index is 0.117. The summed E-state index contributed by atoms with van der Waals surface area (Å²) < 4.78 is 0. The molecule has 2 N–H and O–H groups in total. The lowest BCUT2D eigenvalue weighted by atomic mass is 9.97. The number of hydrogen-bond donors (Lipinski definition) is 2. The van der Waals surface area contributed by atoms with E-state index in [1.165, 1.54) is 0 Å². The Balaban J connectivity index is 1.64. The fourth-order valence-corrected chi connectivity index (χ4v) is 3.22. The first-order chi connectivity index (χ1) is 12.1. The largest absolute Gasteiger partial charge is 0.372 e. The van der Waals surface area contributed by atoms with E-state index in [4.69, 9.17) is 0 Å². The number of carbonyl (C=O) groups is 2. The molecule has 0 spiro atoms. The first-order valence-electron chi connectivity index (χ1n) is 8.67. The molecule has 5 nitrogen and oxygen atoms in total. The zero-order valence-electron chi connectivity index (χ0n) is 14.6. The summed E-state index contributed by atoms with van der Waals surface area (Å²) in [5, 5.41) is 5.71. The quantitative estimate of drug-likeness (QED) is 0.847. The van der Waals surface area contributed by atoms with Gasteiger partial charge in [-0.25, -0.2) is 0 Å². The van der Waals surface area contributed by atoms with Crippen LogP contribution in [0.3, 0.4) is 0 Å². The minimum Gasteiger partial charge on any atom is -0.372 e. The van der Waals surface area contributed by atoms with Gasteiger partial charge in [0.05, 0.1) is 5.92 Å². The number of fused-ring (bicyclic) bond motifs is 1. The van der Waals surface area contributed by atoms with E-state index in [9.17, 15) is 9.59 Å². The van der Waals surface area contributed by atoms with Crippen LogP contribution < -0.4 is 15.5 Å². The molecule has 2 aromatic rings. The standard InChI is InChI=1S/C20H23N3O2/c1-3-23(4-2)15-11-9-14(10-12-15)21-19(24)13-17-16-7-5-6-8-18(16)22-20(17)25/h5-12,17H,3-4,13H2,1-2H3,(H,21,24)(H,22,25). The lowest BCUT2D eigenvalue weighted by molar-refractivity contribution is -0.122. The lowest BCUT2D eigenvalue weighted by Crippen LogP contribution is -2.22. The predicted molar refractivity (Wildman–Crippen MR) is 101 cm³/mol. The van der Waals surface area contributed by atoms with E-state index in [1.54, 1.807) is 0 Å². The number of benzene rings is 2. The molecule has 5 heteroatoms. The summed E-state index contributed by atoms with van der Waals surface area (Å²) in [4.78, 5) is 26.7. The minimum atomic E-state index is -0.425. The van der Waals surface area contributed by atoms with Crippen molar-refractivity contribution in [2.45, 2.75) is 26.2 Å². The Morgan fingerprint density at radius 2 is 1.76 bits per heavy atom. The van der Waals surface area contributed by atoms with E-state index in [-0.39, 0.29) is 18.2 Å². The lowest BCUT2D eigenvalue weighted by Gasteiger charge is -2.21. The number of nitrogens with one attached hydrogen (secondary N) is 2. The van der Waals surface area contributed by atoms with Crippen LogP contribution in [0.4, 0.5) is 17.1 Å². The monoisotopic (exact) mass is 337 g/mol. The Hall–Kier alpha value is -2.82. The van der Waals surface area contributed by atoms with Gasteiger partial charge < -0.3 is 15.5 Å². The molecule has 0 bridgehead atoms. The van der Waals surface area contributed by atoms with Crippen molar-refractivity contribution in [1.82, 2.24) is 0 Å². The van der Waals surface area contributed by atoms with Crippen molar-refractivity contribution in [1.29, 1.82) is 0 Å². The molecule has 3 rings (SSSR count). The smallest absolute Gasteiger partial charge is 0.232 e. The second-order valence-corrected chi connectivity index (χ2v) is 6.10. The fourth-order valence-electron chi connectivity index (χ4n) is 3.22. The fraction of sp³-hybridized carbons (Fsp3) is 0.300. The van der Waals surface area contributed by atoms with Crippen LogP contribution in [-0.2, 0) is 9.59 Å². The van der Waals surface area contributed by atoms with Gasteiger partial charge in [0, 0.05) is 36.6 Å². The molecule has 1 aliphatic rings. The van der Waals surface area contributed by atoms with Crippen LogP contribution in [0.2, 0.25) is 0 Å². The molecule has 1 atom stereocenters. The van der Waals surface area contributed by atoms with Crippen molar-refractivity contribution in [2.24, 2.45) is 0 Å². The molecular formula is C20H23N3O2. The average molecular weight is 337 g/mol. The summed E-state index contributed by atoms with van der Waals surface area (Å²) in [6.07, 6.45) is 0.140. The van der Waals surface area contributed by atoms with Crippen LogP contribution in [0.15, 0.2) is 48.5 Å². The molecule has 1 unspecified atom stereocenters.